The van der Waals surface area contributed by atoms with Crippen LogP contribution in [0.2, 0.25) is 0 Å². The minimum atomic E-state index is -0.257. The minimum absolute atomic E-state index is 0.0964. The van der Waals surface area contributed by atoms with Gasteiger partial charge in [-0.25, -0.2) is 0 Å². The van der Waals surface area contributed by atoms with E-state index in [0.717, 1.165) is 0 Å². The van der Waals surface area contributed by atoms with Crippen molar-refractivity contribution in [2.24, 2.45) is 0 Å². The van der Waals surface area contributed by atoms with Crippen molar-refractivity contribution in [2.45, 2.75) is 11.3 Å². The number of carbonyl (C=O) groups is 2. The summed E-state index contributed by atoms with van der Waals surface area (Å²) in [6.07, 6.45) is 1.72. The average Bonchev–Trinajstić information content (AvgIpc) is 3.26. The molecule has 0 spiro atoms. The van der Waals surface area contributed by atoms with E-state index < -0.39 is 0 Å². The summed E-state index contributed by atoms with van der Waals surface area (Å²) in [6, 6.07) is 3.18. The lowest BCUT2D eigenvalue weighted by Gasteiger charge is -2.10. The van der Waals surface area contributed by atoms with Crippen LogP contribution in [0.3, 0.4) is 0 Å². The topological polar surface area (TPSA) is 102 Å². The number of ether oxygens (including phenoxy) is 2. The fourth-order valence-corrected chi connectivity index (χ4v) is 3.71. The molecular formula is C16H16N4O4S2. The Kier molecular flexibility index (Phi) is 5.74. The van der Waals surface area contributed by atoms with Gasteiger partial charge in [0.25, 0.3) is 0 Å². The van der Waals surface area contributed by atoms with Crippen molar-refractivity contribution in [3.63, 3.8) is 0 Å². The fourth-order valence-electron chi connectivity index (χ4n) is 2.15. The van der Waals surface area contributed by atoms with Crippen LogP contribution in [-0.4, -0.2) is 41.0 Å². The van der Waals surface area contributed by atoms with Crippen LogP contribution in [-0.2, 0) is 4.79 Å². The van der Waals surface area contributed by atoms with Crippen molar-refractivity contribution in [3.8, 4) is 11.5 Å². The molecule has 0 bridgehead atoms. The molecular weight excluding hydrogens is 376 g/mol. The Hall–Kier alpha value is -2.59. The Bertz CT molecular complexity index is 853. The molecule has 136 valence electrons. The second kappa shape index (κ2) is 8.19. The van der Waals surface area contributed by atoms with Gasteiger partial charge < -0.3 is 20.1 Å². The van der Waals surface area contributed by atoms with Crippen LogP contribution in [0.5, 0.6) is 11.5 Å². The Balaban J connectivity index is 1.62. The normalized spacial score (nSPS) is 11.9. The van der Waals surface area contributed by atoms with E-state index in [0.29, 0.717) is 38.8 Å². The quantitative estimate of drug-likeness (QED) is 0.402. The maximum absolute atomic E-state index is 12.3. The molecule has 3 rings (SSSR count). The van der Waals surface area contributed by atoms with Gasteiger partial charge in [-0.3, -0.25) is 9.59 Å². The van der Waals surface area contributed by atoms with Gasteiger partial charge in [-0.05, 0) is 13.0 Å². The van der Waals surface area contributed by atoms with E-state index in [2.05, 4.69) is 27.4 Å². The third-order valence-electron chi connectivity index (χ3n) is 3.30. The van der Waals surface area contributed by atoms with E-state index in [1.807, 2.05) is 0 Å². The van der Waals surface area contributed by atoms with Crippen molar-refractivity contribution in [1.82, 2.24) is 10.2 Å². The summed E-state index contributed by atoms with van der Waals surface area (Å²) in [5.41, 5.74) is 0.775. The summed E-state index contributed by atoms with van der Waals surface area (Å²) in [4.78, 5) is 24.1. The molecule has 8 nitrogen and oxygen atoms in total. The average molecular weight is 392 g/mol. The first-order valence-electron chi connectivity index (χ1n) is 7.62. The number of Topliss-reactive ketones (excluding diaryl/α,β-unsaturated/α-hetero) is 1. The second-order valence-electron chi connectivity index (χ2n) is 5.19. The number of nitrogens with zero attached hydrogens (tertiary/aromatic N) is 2. The summed E-state index contributed by atoms with van der Waals surface area (Å²) in [6.45, 7) is 5.74. The molecule has 26 heavy (non-hydrogen) atoms. The minimum Gasteiger partial charge on any atom is -0.454 e. The molecule has 0 aliphatic carbocycles. The molecule has 0 unspecified atom stereocenters. The van der Waals surface area contributed by atoms with Gasteiger partial charge in [0.1, 0.15) is 0 Å². The Morgan fingerprint density at radius 2 is 2.12 bits per heavy atom. The van der Waals surface area contributed by atoms with E-state index in [9.17, 15) is 9.59 Å². The summed E-state index contributed by atoms with van der Waals surface area (Å²) in [5, 5.41) is 14.4. The molecule has 10 heteroatoms. The molecule has 0 fully saturated rings. The largest absolute Gasteiger partial charge is 0.454 e. The van der Waals surface area contributed by atoms with Crippen LogP contribution in [0.15, 0.2) is 29.1 Å². The van der Waals surface area contributed by atoms with E-state index in [1.165, 1.54) is 30.0 Å². The number of aromatic nitrogens is 2. The van der Waals surface area contributed by atoms with Crippen LogP contribution in [0, 0.1) is 0 Å². The molecule has 1 aliphatic rings. The van der Waals surface area contributed by atoms with Crippen LogP contribution in [0.4, 0.5) is 10.8 Å². The highest BCUT2D eigenvalue weighted by molar-refractivity contribution is 8.01. The molecule has 1 aromatic carbocycles. The van der Waals surface area contributed by atoms with Crippen molar-refractivity contribution in [1.29, 1.82) is 0 Å². The first-order valence-corrected chi connectivity index (χ1v) is 9.42. The predicted octanol–water partition coefficient (Wildman–Crippen LogP) is 2.80. The van der Waals surface area contributed by atoms with Crippen LogP contribution < -0.4 is 20.1 Å². The highest BCUT2D eigenvalue weighted by Gasteiger charge is 2.20. The second-order valence-corrected chi connectivity index (χ2v) is 7.39. The lowest BCUT2D eigenvalue weighted by Crippen LogP contribution is -2.16. The maximum Gasteiger partial charge on any atom is 0.234 e. The monoisotopic (exact) mass is 392 g/mol. The summed E-state index contributed by atoms with van der Waals surface area (Å²) >= 11 is 2.62. The number of benzene rings is 1. The molecule has 2 aromatic rings. The fraction of sp³-hybridized carbons (Fsp3) is 0.250. The SMILES string of the molecule is C=CCNc1nnc(SCC(=O)Nc2cc3c(cc2C(C)=O)OCO3)s1. The molecule has 1 aliphatic heterocycles. The predicted molar refractivity (Wildman–Crippen MR) is 101 cm³/mol. The van der Waals surface area contributed by atoms with Gasteiger partial charge in [-0.15, -0.1) is 16.8 Å². The van der Waals surface area contributed by atoms with Crippen molar-refractivity contribution < 1.29 is 19.1 Å². The summed E-state index contributed by atoms with van der Waals surface area (Å²) in [5.74, 6) is 0.707. The van der Waals surface area contributed by atoms with Gasteiger partial charge >= 0.3 is 0 Å². The molecule has 0 saturated heterocycles. The van der Waals surface area contributed by atoms with Crippen molar-refractivity contribution in [3.05, 3.63) is 30.4 Å². The van der Waals surface area contributed by atoms with E-state index in [4.69, 9.17) is 9.47 Å². The van der Waals surface area contributed by atoms with E-state index >= 15 is 0 Å². The molecule has 0 atom stereocenters. The number of nitrogens with one attached hydrogen (secondary N) is 2. The van der Waals surface area contributed by atoms with E-state index in [1.54, 1.807) is 18.2 Å². The number of ketones is 1. The zero-order chi connectivity index (χ0) is 18.5. The number of fused-ring (bicyclic) bond motifs is 1. The van der Waals surface area contributed by atoms with Gasteiger partial charge in [-0.2, -0.15) is 0 Å². The van der Waals surface area contributed by atoms with Crippen molar-refractivity contribution in [2.75, 3.05) is 29.7 Å². The van der Waals surface area contributed by atoms with Crippen LogP contribution in [0.1, 0.15) is 17.3 Å². The van der Waals surface area contributed by atoms with E-state index in [-0.39, 0.29) is 24.2 Å². The summed E-state index contributed by atoms with van der Waals surface area (Å²) < 4.78 is 11.2. The number of thioether (sulfide) groups is 1. The zero-order valence-electron chi connectivity index (χ0n) is 13.9. The van der Waals surface area contributed by atoms with Crippen LogP contribution in [0.25, 0.3) is 0 Å². The highest BCUT2D eigenvalue weighted by atomic mass is 32.2. The number of rotatable bonds is 8. The number of hydrogen-bond donors (Lipinski definition) is 2. The number of hydrogen-bond acceptors (Lipinski definition) is 9. The molecule has 0 radical (unpaired) electrons. The van der Waals surface area contributed by atoms with Gasteiger partial charge in [-0.1, -0.05) is 29.2 Å². The molecule has 1 amide bonds. The Labute approximate surface area is 158 Å². The Morgan fingerprint density at radius 1 is 1.35 bits per heavy atom. The molecule has 2 heterocycles. The smallest absolute Gasteiger partial charge is 0.234 e. The number of amides is 1. The standard InChI is InChI=1S/C16H16N4O4S2/c1-3-4-17-15-19-20-16(26-15)25-7-14(22)18-11-6-13-12(23-8-24-13)5-10(11)9(2)21/h3,5-6H,1,4,7-8H2,2H3,(H,17,19)(H,18,22). The van der Waals surface area contributed by atoms with Crippen LogP contribution >= 0.6 is 23.1 Å². The zero-order valence-corrected chi connectivity index (χ0v) is 15.5. The highest BCUT2D eigenvalue weighted by Crippen LogP contribution is 2.37. The first kappa shape index (κ1) is 18.2. The third kappa shape index (κ3) is 4.33. The maximum atomic E-state index is 12.3. The lowest BCUT2D eigenvalue weighted by atomic mass is 10.1. The van der Waals surface area contributed by atoms with Crippen molar-refractivity contribution >= 4 is 45.6 Å². The van der Waals surface area contributed by atoms with Gasteiger partial charge in [0.05, 0.1) is 11.4 Å². The van der Waals surface area contributed by atoms with Gasteiger partial charge in [0, 0.05) is 18.2 Å². The summed E-state index contributed by atoms with van der Waals surface area (Å²) in [7, 11) is 0. The lowest BCUT2D eigenvalue weighted by molar-refractivity contribution is -0.113. The third-order valence-corrected chi connectivity index (χ3v) is 5.31. The molecule has 2 N–H and O–H groups in total. The van der Waals surface area contributed by atoms with Gasteiger partial charge in [0.2, 0.25) is 17.8 Å². The van der Waals surface area contributed by atoms with Gasteiger partial charge in [0.15, 0.2) is 21.6 Å². The first-order chi connectivity index (χ1) is 12.6. The molecule has 1 aromatic heterocycles. The Morgan fingerprint density at radius 3 is 2.85 bits per heavy atom. The number of carbonyl (C=O) groups excluding carboxylic acids is 2. The molecule has 0 saturated carbocycles. The number of anilines is 2.